The Morgan fingerprint density at radius 3 is 3.07 bits per heavy atom. The zero-order chi connectivity index (χ0) is 9.97. The van der Waals surface area contributed by atoms with Crippen molar-refractivity contribution in [3.8, 4) is 0 Å². The molecule has 2 rings (SSSR count). The summed E-state index contributed by atoms with van der Waals surface area (Å²) < 4.78 is 0.889. The van der Waals surface area contributed by atoms with Gasteiger partial charge in [0, 0.05) is 6.20 Å². The van der Waals surface area contributed by atoms with Gasteiger partial charge in [0.05, 0.1) is 24.6 Å². The van der Waals surface area contributed by atoms with E-state index < -0.39 is 0 Å². The molecular formula is C9H9BrN4. The van der Waals surface area contributed by atoms with E-state index in [4.69, 9.17) is 5.73 Å². The van der Waals surface area contributed by atoms with Gasteiger partial charge < -0.3 is 10.6 Å². The summed E-state index contributed by atoms with van der Waals surface area (Å²) in [6.45, 7) is 0.586. The summed E-state index contributed by atoms with van der Waals surface area (Å²) in [6, 6.07) is 3.86. The number of anilines is 1. The first kappa shape index (κ1) is 9.21. The highest BCUT2D eigenvalue weighted by Crippen LogP contribution is 2.23. The van der Waals surface area contributed by atoms with Gasteiger partial charge in [-0.15, -0.1) is 0 Å². The molecule has 0 radical (unpaired) electrons. The lowest BCUT2D eigenvalue weighted by atomic mass is 10.3. The average molecular weight is 253 g/mol. The number of hydrogen-bond donors (Lipinski definition) is 1. The van der Waals surface area contributed by atoms with E-state index in [0.29, 0.717) is 12.4 Å². The predicted octanol–water partition coefficient (Wildman–Crippen LogP) is 1.45. The van der Waals surface area contributed by atoms with Crippen molar-refractivity contribution in [3.05, 3.63) is 35.3 Å². The summed E-state index contributed by atoms with van der Waals surface area (Å²) in [4.78, 5) is 10.1. The maximum atomic E-state index is 5.65. The molecule has 4 nitrogen and oxygen atoms in total. The number of rotatable bonds is 1. The number of halogens is 1. The molecule has 0 fully saturated rings. The third-order valence-electron chi connectivity index (χ3n) is 1.87. The Balaban J connectivity index is 2.30. The maximum absolute atomic E-state index is 5.65. The van der Waals surface area contributed by atoms with Crippen molar-refractivity contribution < 1.29 is 0 Å². The monoisotopic (exact) mass is 252 g/mol. The average Bonchev–Trinajstić information content (AvgIpc) is 2.23. The van der Waals surface area contributed by atoms with E-state index in [0.717, 1.165) is 10.3 Å². The first-order chi connectivity index (χ1) is 6.77. The zero-order valence-corrected chi connectivity index (χ0v) is 8.98. The molecule has 0 bridgehead atoms. The van der Waals surface area contributed by atoms with Gasteiger partial charge in [0.25, 0.3) is 0 Å². The Kier molecular flexibility index (Phi) is 2.49. The molecule has 72 valence electrons. The largest absolute Gasteiger partial charge is 0.386 e. The lowest BCUT2D eigenvalue weighted by molar-refractivity contribution is 1.05. The lowest BCUT2D eigenvalue weighted by Crippen LogP contribution is -2.34. The molecule has 0 saturated heterocycles. The molecule has 14 heavy (non-hydrogen) atoms. The van der Waals surface area contributed by atoms with Crippen molar-refractivity contribution in [2.45, 2.75) is 0 Å². The fourth-order valence-corrected chi connectivity index (χ4v) is 1.64. The molecule has 2 N–H and O–H groups in total. The molecular weight excluding hydrogens is 244 g/mol. The van der Waals surface area contributed by atoms with E-state index in [9.17, 15) is 0 Å². The normalized spacial score (nSPS) is 16.2. The van der Waals surface area contributed by atoms with E-state index in [1.165, 1.54) is 0 Å². The van der Waals surface area contributed by atoms with Crippen LogP contribution in [0.1, 0.15) is 0 Å². The van der Waals surface area contributed by atoms with Crippen LogP contribution in [0.4, 0.5) is 5.69 Å². The minimum absolute atomic E-state index is 0.586. The van der Waals surface area contributed by atoms with Crippen molar-refractivity contribution in [2.75, 3.05) is 11.4 Å². The van der Waals surface area contributed by atoms with Gasteiger partial charge in [0.1, 0.15) is 10.4 Å². The Morgan fingerprint density at radius 1 is 1.50 bits per heavy atom. The van der Waals surface area contributed by atoms with Crippen LogP contribution in [-0.4, -0.2) is 17.4 Å². The fourth-order valence-electron chi connectivity index (χ4n) is 1.21. The molecule has 0 aliphatic carbocycles. The van der Waals surface area contributed by atoms with Crippen LogP contribution in [0, 0.1) is 0 Å². The Labute approximate surface area is 90.3 Å². The van der Waals surface area contributed by atoms with Gasteiger partial charge in [-0.25, -0.2) is 4.99 Å². The standard InChI is InChI=1S/C9H9BrN4/c10-8-5-13-9(11)6-14(8)7-2-1-3-12-4-7/h1-5H,6H2,(H2,11,13). The van der Waals surface area contributed by atoms with Crippen LogP contribution < -0.4 is 10.6 Å². The number of hydrogen-bond acceptors (Lipinski definition) is 4. The van der Waals surface area contributed by atoms with Crippen LogP contribution in [0.2, 0.25) is 0 Å². The highest BCUT2D eigenvalue weighted by molar-refractivity contribution is 9.11. The topological polar surface area (TPSA) is 54.5 Å². The number of nitrogens with zero attached hydrogens (tertiary/aromatic N) is 3. The molecule has 0 amide bonds. The smallest absolute Gasteiger partial charge is 0.119 e. The number of aliphatic imine (C=N–C) groups is 1. The summed E-state index contributed by atoms with van der Waals surface area (Å²) >= 11 is 3.42. The molecule has 0 unspecified atom stereocenters. The van der Waals surface area contributed by atoms with Crippen molar-refractivity contribution >= 4 is 27.5 Å². The highest BCUT2D eigenvalue weighted by Gasteiger charge is 2.14. The van der Waals surface area contributed by atoms with Crippen molar-refractivity contribution in [1.82, 2.24) is 4.98 Å². The van der Waals surface area contributed by atoms with Gasteiger partial charge in [-0.1, -0.05) is 0 Å². The Morgan fingerprint density at radius 2 is 2.36 bits per heavy atom. The molecule has 5 heteroatoms. The summed E-state index contributed by atoms with van der Waals surface area (Å²) in [7, 11) is 0. The van der Waals surface area contributed by atoms with E-state index >= 15 is 0 Å². The molecule has 0 atom stereocenters. The van der Waals surface area contributed by atoms with Crippen LogP contribution in [0.25, 0.3) is 0 Å². The second-order valence-electron chi connectivity index (χ2n) is 2.87. The van der Waals surface area contributed by atoms with E-state index in [-0.39, 0.29) is 0 Å². The lowest BCUT2D eigenvalue weighted by Gasteiger charge is -2.25. The molecule has 1 aromatic rings. The van der Waals surface area contributed by atoms with Crippen LogP contribution in [0.15, 0.2) is 40.3 Å². The van der Waals surface area contributed by atoms with Crippen molar-refractivity contribution in [1.29, 1.82) is 0 Å². The van der Waals surface area contributed by atoms with Gasteiger partial charge in [0.15, 0.2) is 0 Å². The van der Waals surface area contributed by atoms with Crippen LogP contribution in [-0.2, 0) is 0 Å². The van der Waals surface area contributed by atoms with Gasteiger partial charge >= 0.3 is 0 Å². The maximum Gasteiger partial charge on any atom is 0.119 e. The van der Waals surface area contributed by atoms with E-state index in [1.807, 2.05) is 17.0 Å². The second kappa shape index (κ2) is 3.79. The number of pyridine rings is 1. The molecule has 0 saturated carbocycles. The third kappa shape index (κ3) is 1.77. The number of aromatic nitrogens is 1. The molecule has 2 heterocycles. The Bertz CT molecular complexity index is 385. The second-order valence-corrected chi connectivity index (χ2v) is 3.68. The van der Waals surface area contributed by atoms with Gasteiger partial charge in [-0.3, -0.25) is 4.98 Å². The number of nitrogens with two attached hydrogens (primary N) is 1. The number of amidine groups is 1. The SMILES string of the molecule is NC1=NC=C(Br)N(c2cccnc2)C1. The quantitative estimate of drug-likeness (QED) is 0.771. The van der Waals surface area contributed by atoms with Crippen molar-refractivity contribution in [2.24, 2.45) is 10.7 Å². The van der Waals surface area contributed by atoms with Gasteiger partial charge in [-0.2, -0.15) is 0 Å². The Hall–Kier alpha value is -1.36. The fraction of sp³-hybridized carbons (Fsp3) is 0.111. The van der Waals surface area contributed by atoms with E-state index in [1.54, 1.807) is 18.6 Å². The zero-order valence-electron chi connectivity index (χ0n) is 7.39. The molecule has 1 aromatic heterocycles. The summed E-state index contributed by atoms with van der Waals surface area (Å²) in [5.74, 6) is 0.594. The summed E-state index contributed by atoms with van der Waals surface area (Å²) in [6.07, 6.45) is 5.21. The van der Waals surface area contributed by atoms with Crippen LogP contribution >= 0.6 is 15.9 Å². The first-order valence-electron chi connectivity index (χ1n) is 4.13. The van der Waals surface area contributed by atoms with E-state index in [2.05, 4.69) is 25.9 Å². The van der Waals surface area contributed by atoms with Gasteiger partial charge in [-0.05, 0) is 28.1 Å². The van der Waals surface area contributed by atoms with Crippen LogP contribution in [0.5, 0.6) is 0 Å². The van der Waals surface area contributed by atoms with Crippen molar-refractivity contribution in [3.63, 3.8) is 0 Å². The third-order valence-corrected chi connectivity index (χ3v) is 2.51. The predicted molar refractivity (Wildman–Crippen MR) is 60.2 cm³/mol. The molecule has 1 aliphatic heterocycles. The molecule has 0 spiro atoms. The molecule has 0 aromatic carbocycles. The minimum Gasteiger partial charge on any atom is -0.386 e. The van der Waals surface area contributed by atoms with Gasteiger partial charge in [0.2, 0.25) is 0 Å². The summed E-state index contributed by atoms with van der Waals surface area (Å²) in [5.41, 5.74) is 6.64. The molecule has 1 aliphatic rings. The highest BCUT2D eigenvalue weighted by atomic mass is 79.9. The minimum atomic E-state index is 0.586. The first-order valence-corrected chi connectivity index (χ1v) is 4.92. The summed E-state index contributed by atoms with van der Waals surface area (Å²) in [5, 5.41) is 0. The van der Waals surface area contributed by atoms with Crippen LogP contribution in [0.3, 0.4) is 0 Å².